The van der Waals surface area contributed by atoms with Crippen molar-refractivity contribution in [1.29, 1.82) is 0 Å². The van der Waals surface area contributed by atoms with Crippen LogP contribution in [-0.4, -0.2) is 24.0 Å². The second-order valence-corrected chi connectivity index (χ2v) is 5.00. The maximum atomic E-state index is 5.20. The summed E-state index contributed by atoms with van der Waals surface area (Å²) in [6.45, 7) is 0. The van der Waals surface area contributed by atoms with Crippen LogP contribution in [0.5, 0.6) is 11.5 Å². The van der Waals surface area contributed by atoms with Crippen LogP contribution in [0.1, 0.15) is 0 Å². The summed E-state index contributed by atoms with van der Waals surface area (Å²) in [5.41, 5.74) is 4.18. The summed E-state index contributed by atoms with van der Waals surface area (Å²) in [7, 11) is 5.28. The minimum Gasteiger partial charge on any atom is -0.497 e. The third-order valence-electron chi connectivity index (χ3n) is 3.65. The zero-order valence-corrected chi connectivity index (χ0v) is 12.9. The first-order valence-electron chi connectivity index (χ1n) is 7.04. The van der Waals surface area contributed by atoms with E-state index in [1.807, 2.05) is 60.3 Å². The van der Waals surface area contributed by atoms with Crippen molar-refractivity contribution < 1.29 is 9.47 Å². The monoisotopic (exact) mass is 294 g/mol. The Balaban J connectivity index is 1.95. The van der Waals surface area contributed by atoms with E-state index in [1.165, 1.54) is 0 Å². The fraction of sp³-hybridized carbons (Fsp3) is 0.167. The highest BCUT2D eigenvalue weighted by molar-refractivity contribution is 5.69. The van der Waals surface area contributed by atoms with Crippen molar-refractivity contribution in [1.82, 2.24) is 9.78 Å². The van der Waals surface area contributed by atoms with Gasteiger partial charge in [-0.05, 0) is 54.6 Å². The molecule has 0 fully saturated rings. The van der Waals surface area contributed by atoms with Gasteiger partial charge in [0, 0.05) is 18.2 Å². The van der Waals surface area contributed by atoms with Gasteiger partial charge in [0.05, 0.1) is 25.6 Å². The Hall–Kier alpha value is -2.75. The minimum atomic E-state index is 0.843. The lowest BCUT2D eigenvalue weighted by atomic mass is 10.1. The zero-order chi connectivity index (χ0) is 15.5. The number of methoxy groups -OCH3 is 2. The van der Waals surface area contributed by atoms with E-state index in [0.29, 0.717) is 0 Å². The van der Waals surface area contributed by atoms with Crippen LogP contribution in [0.25, 0.3) is 22.5 Å². The van der Waals surface area contributed by atoms with Gasteiger partial charge in [0.1, 0.15) is 11.5 Å². The number of hydrogen-bond donors (Lipinski definition) is 0. The Labute approximate surface area is 129 Å². The Morgan fingerprint density at radius 3 is 1.77 bits per heavy atom. The van der Waals surface area contributed by atoms with Gasteiger partial charge in [-0.2, -0.15) is 5.10 Å². The molecule has 0 unspecified atom stereocenters. The first-order chi connectivity index (χ1) is 10.7. The normalized spacial score (nSPS) is 10.5. The van der Waals surface area contributed by atoms with Gasteiger partial charge in [0.2, 0.25) is 0 Å². The molecule has 1 heterocycles. The molecule has 3 rings (SSSR count). The molecule has 0 radical (unpaired) electrons. The van der Waals surface area contributed by atoms with Crippen LogP contribution >= 0.6 is 0 Å². The number of benzene rings is 2. The lowest BCUT2D eigenvalue weighted by molar-refractivity contribution is 0.414. The second kappa shape index (κ2) is 5.93. The Morgan fingerprint density at radius 2 is 1.27 bits per heavy atom. The molecule has 0 N–H and O–H groups in total. The number of nitrogens with zero attached hydrogens (tertiary/aromatic N) is 2. The highest BCUT2D eigenvalue weighted by atomic mass is 16.5. The van der Waals surface area contributed by atoms with Gasteiger partial charge >= 0.3 is 0 Å². The van der Waals surface area contributed by atoms with Gasteiger partial charge in [-0.3, -0.25) is 4.68 Å². The molecule has 0 saturated carbocycles. The van der Waals surface area contributed by atoms with Gasteiger partial charge in [-0.15, -0.1) is 0 Å². The number of aromatic nitrogens is 2. The van der Waals surface area contributed by atoms with Crippen LogP contribution in [0.4, 0.5) is 0 Å². The van der Waals surface area contributed by atoms with Crippen LogP contribution in [0.2, 0.25) is 0 Å². The standard InChI is InChI=1S/C18H18N2O2/c1-20-18(14-6-10-16(22-3)11-7-14)12-17(19-20)13-4-8-15(21-2)9-5-13/h4-12H,1-3H3. The highest BCUT2D eigenvalue weighted by Crippen LogP contribution is 2.27. The summed E-state index contributed by atoms with van der Waals surface area (Å²) >= 11 is 0. The summed E-state index contributed by atoms with van der Waals surface area (Å²) in [4.78, 5) is 0. The molecule has 0 atom stereocenters. The maximum absolute atomic E-state index is 5.20. The van der Waals surface area contributed by atoms with Gasteiger partial charge in [-0.1, -0.05) is 0 Å². The summed E-state index contributed by atoms with van der Waals surface area (Å²) in [5, 5.41) is 4.60. The molecule has 0 spiro atoms. The molecule has 1 aromatic heterocycles. The van der Waals surface area contributed by atoms with E-state index in [9.17, 15) is 0 Å². The zero-order valence-electron chi connectivity index (χ0n) is 12.9. The number of ether oxygens (including phenoxy) is 2. The molecule has 4 nitrogen and oxygen atoms in total. The van der Waals surface area contributed by atoms with E-state index in [2.05, 4.69) is 11.2 Å². The van der Waals surface area contributed by atoms with Crippen molar-refractivity contribution in [2.75, 3.05) is 14.2 Å². The smallest absolute Gasteiger partial charge is 0.118 e. The molecule has 112 valence electrons. The third-order valence-corrected chi connectivity index (χ3v) is 3.65. The molecule has 0 bridgehead atoms. The van der Waals surface area contributed by atoms with Gasteiger partial charge in [-0.25, -0.2) is 0 Å². The van der Waals surface area contributed by atoms with Gasteiger partial charge in [0.15, 0.2) is 0 Å². The van der Waals surface area contributed by atoms with E-state index in [0.717, 1.165) is 34.0 Å². The molecule has 22 heavy (non-hydrogen) atoms. The van der Waals surface area contributed by atoms with Crippen LogP contribution in [-0.2, 0) is 7.05 Å². The van der Waals surface area contributed by atoms with E-state index >= 15 is 0 Å². The minimum absolute atomic E-state index is 0.843. The summed E-state index contributed by atoms with van der Waals surface area (Å²) in [5.74, 6) is 1.69. The average molecular weight is 294 g/mol. The Morgan fingerprint density at radius 1 is 0.773 bits per heavy atom. The predicted molar refractivity (Wildman–Crippen MR) is 87.2 cm³/mol. The fourth-order valence-corrected chi connectivity index (χ4v) is 2.40. The molecule has 4 heteroatoms. The van der Waals surface area contributed by atoms with Crippen molar-refractivity contribution in [3.63, 3.8) is 0 Å². The van der Waals surface area contributed by atoms with Crippen molar-refractivity contribution in [3.05, 3.63) is 54.6 Å². The predicted octanol–water partition coefficient (Wildman–Crippen LogP) is 3.77. The van der Waals surface area contributed by atoms with Gasteiger partial charge in [0.25, 0.3) is 0 Å². The number of hydrogen-bond acceptors (Lipinski definition) is 3. The van der Waals surface area contributed by atoms with Crippen molar-refractivity contribution >= 4 is 0 Å². The molecule has 0 amide bonds. The average Bonchev–Trinajstić information content (AvgIpc) is 2.97. The van der Waals surface area contributed by atoms with Crippen molar-refractivity contribution in [2.24, 2.45) is 7.05 Å². The molecule has 0 saturated heterocycles. The van der Waals surface area contributed by atoms with E-state index < -0.39 is 0 Å². The number of rotatable bonds is 4. The maximum Gasteiger partial charge on any atom is 0.118 e. The van der Waals surface area contributed by atoms with E-state index in [4.69, 9.17) is 9.47 Å². The quantitative estimate of drug-likeness (QED) is 0.735. The van der Waals surface area contributed by atoms with Crippen LogP contribution < -0.4 is 9.47 Å². The first-order valence-corrected chi connectivity index (χ1v) is 7.04. The summed E-state index contributed by atoms with van der Waals surface area (Å²) < 4.78 is 12.3. The molecular formula is C18H18N2O2. The summed E-state index contributed by atoms with van der Waals surface area (Å²) in [6.07, 6.45) is 0. The lowest BCUT2D eigenvalue weighted by Crippen LogP contribution is -1.94. The van der Waals surface area contributed by atoms with Gasteiger partial charge < -0.3 is 9.47 Å². The SMILES string of the molecule is COc1ccc(-c2cc(-c3ccc(OC)cc3)n(C)n2)cc1. The van der Waals surface area contributed by atoms with Crippen molar-refractivity contribution in [2.45, 2.75) is 0 Å². The molecule has 0 aliphatic heterocycles. The second-order valence-electron chi connectivity index (χ2n) is 5.00. The van der Waals surface area contributed by atoms with Crippen LogP contribution in [0.15, 0.2) is 54.6 Å². The first kappa shape index (κ1) is 14.2. The number of aryl methyl sites for hydroxylation is 1. The molecule has 2 aromatic carbocycles. The topological polar surface area (TPSA) is 36.3 Å². The Bertz CT molecular complexity index is 759. The molecule has 0 aliphatic carbocycles. The molecular weight excluding hydrogens is 276 g/mol. The summed E-state index contributed by atoms with van der Waals surface area (Å²) in [6, 6.07) is 18.0. The molecule has 0 aliphatic rings. The van der Waals surface area contributed by atoms with E-state index in [-0.39, 0.29) is 0 Å². The highest BCUT2D eigenvalue weighted by Gasteiger charge is 2.09. The largest absolute Gasteiger partial charge is 0.497 e. The van der Waals surface area contributed by atoms with Crippen LogP contribution in [0.3, 0.4) is 0 Å². The van der Waals surface area contributed by atoms with Crippen molar-refractivity contribution in [3.8, 4) is 34.0 Å². The Kier molecular flexibility index (Phi) is 3.83. The lowest BCUT2D eigenvalue weighted by Gasteiger charge is -2.03. The fourth-order valence-electron chi connectivity index (χ4n) is 2.40. The molecule has 3 aromatic rings. The van der Waals surface area contributed by atoms with E-state index in [1.54, 1.807) is 14.2 Å². The van der Waals surface area contributed by atoms with Crippen LogP contribution in [0, 0.1) is 0 Å². The third kappa shape index (κ3) is 2.68.